The number of nitrogens with zero attached hydrogens (tertiary/aromatic N) is 4. The predicted molar refractivity (Wildman–Crippen MR) is 83.1 cm³/mol. The Morgan fingerprint density at radius 1 is 1.20 bits per heavy atom. The van der Waals surface area contributed by atoms with E-state index in [1.165, 1.54) is 0 Å². The Hall–Kier alpha value is -1.86. The molecule has 102 valence electrons. The summed E-state index contributed by atoms with van der Waals surface area (Å²) in [5, 5.41) is 14.3. The molecule has 0 spiro atoms. The van der Waals surface area contributed by atoms with Crippen LogP contribution in [0.3, 0.4) is 0 Å². The first-order valence-electron chi connectivity index (χ1n) is 6.23. The molecular weight excluding hydrogens is 290 g/mol. The zero-order valence-corrected chi connectivity index (χ0v) is 12.8. The van der Waals surface area contributed by atoms with E-state index >= 15 is 0 Å². The number of aryl methyl sites for hydroxylation is 1. The van der Waals surface area contributed by atoms with Crippen molar-refractivity contribution in [3.63, 3.8) is 0 Å². The van der Waals surface area contributed by atoms with E-state index in [2.05, 4.69) is 25.5 Å². The van der Waals surface area contributed by atoms with Crippen LogP contribution in [0.25, 0.3) is 20.5 Å². The van der Waals surface area contributed by atoms with Gasteiger partial charge in [0, 0.05) is 24.5 Å². The minimum absolute atomic E-state index is 0.844. The summed E-state index contributed by atoms with van der Waals surface area (Å²) in [6.45, 7) is 4.89. The van der Waals surface area contributed by atoms with Gasteiger partial charge >= 0.3 is 0 Å². The lowest BCUT2D eigenvalue weighted by Gasteiger charge is -1.92. The molecule has 3 aromatic rings. The molecule has 3 heterocycles. The van der Waals surface area contributed by atoms with E-state index < -0.39 is 0 Å². The zero-order chi connectivity index (χ0) is 13.9. The Morgan fingerprint density at radius 3 is 2.85 bits per heavy atom. The van der Waals surface area contributed by atoms with Crippen molar-refractivity contribution in [1.29, 1.82) is 0 Å². The molecule has 3 rings (SSSR count). The van der Waals surface area contributed by atoms with Gasteiger partial charge in [0.15, 0.2) is 5.01 Å². The normalized spacial score (nSPS) is 10.7. The van der Waals surface area contributed by atoms with Gasteiger partial charge in [0.25, 0.3) is 0 Å². The van der Waals surface area contributed by atoms with E-state index in [1.807, 2.05) is 32.2 Å². The molecule has 0 unspecified atom stereocenters. The summed E-state index contributed by atoms with van der Waals surface area (Å²) < 4.78 is 0. The summed E-state index contributed by atoms with van der Waals surface area (Å²) in [5.74, 6) is 0. The maximum absolute atomic E-state index is 4.61. The average molecular weight is 303 g/mol. The average Bonchev–Trinajstić information content (AvgIpc) is 3.07. The number of anilines is 1. The van der Waals surface area contributed by atoms with Crippen molar-refractivity contribution < 1.29 is 0 Å². The Balaban J connectivity index is 1.96. The summed E-state index contributed by atoms with van der Waals surface area (Å²) in [4.78, 5) is 9.82. The van der Waals surface area contributed by atoms with Gasteiger partial charge in [0.2, 0.25) is 5.13 Å². The lowest BCUT2D eigenvalue weighted by molar-refractivity contribution is 1.07. The molecule has 0 radical (unpaired) electrons. The number of nitrogens with one attached hydrogen (secondary N) is 1. The molecule has 0 bridgehead atoms. The van der Waals surface area contributed by atoms with Gasteiger partial charge in [-0.2, -0.15) is 0 Å². The summed E-state index contributed by atoms with van der Waals surface area (Å²) >= 11 is 3.18. The van der Waals surface area contributed by atoms with Crippen molar-refractivity contribution in [3.8, 4) is 20.5 Å². The first-order valence-corrected chi connectivity index (χ1v) is 7.86. The molecule has 0 amide bonds. The van der Waals surface area contributed by atoms with Gasteiger partial charge in [0.1, 0.15) is 5.01 Å². The maximum atomic E-state index is 4.61. The van der Waals surface area contributed by atoms with Crippen LogP contribution in [0.4, 0.5) is 5.13 Å². The van der Waals surface area contributed by atoms with E-state index in [-0.39, 0.29) is 0 Å². The summed E-state index contributed by atoms with van der Waals surface area (Å²) in [6, 6.07) is 3.93. The summed E-state index contributed by atoms with van der Waals surface area (Å²) in [7, 11) is 0. The summed E-state index contributed by atoms with van der Waals surface area (Å²) in [6.07, 6.45) is 3.59. The van der Waals surface area contributed by atoms with E-state index in [9.17, 15) is 0 Å². The zero-order valence-electron chi connectivity index (χ0n) is 11.1. The standard InChI is InChI=1S/C13H13N5S2/c1-3-15-13-18-17-12(20-13)10-8(2)16-11(19-10)9-5-4-6-14-7-9/h4-7H,3H2,1-2H3,(H,15,18). The van der Waals surface area contributed by atoms with Crippen LogP contribution in [0.2, 0.25) is 0 Å². The Labute approximate surface area is 124 Å². The molecule has 0 fully saturated rings. The van der Waals surface area contributed by atoms with Crippen LogP contribution in [0.15, 0.2) is 24.5 Å². The van der Waals surface area contributed by atoms with Gasteiger partial charge in [-0.15, -0.1) is 21.5 Å². The Bertz CT molecular complexity index is 705. The van der Waals surface area contributed by atoms with E-state index in [4.69, 9.17) is 0 Å². The van der Waals surface area contributed by atoms with Crippen LogP contribution in [0.1, 0.15) is 12.6 Å². The van der Waals surface area contributed by atoms with Gasteiger partial charge in [0.05, 0.1) is 10.6 Å². The molecule has 1 N–H and O–H groups in total. The SMILES string of the molecule is CCNc1nnc(-c2sc(-c3cccnc3)nc2C)s1. The second-order valence-electron chi connectivity index (χ2n) is 4.12. The van der Waals surface area contributed by atoms with Gasteiger partial charge in [-0.1, -0.05) is 11.3 Å². The topological polar surface area (TPSA) is 63.6 Å². The Kier molecular flexibility index (Phi) is 3.70. The minimum Gasteiger partial charge on any atom is -0.360 e. The van der Waals surface area contributed by atoms with Crippen molar-refractivity contribution in [2.45, 2.75) is 13.8 Å². The number of pyridine rings is 1. The van der Waals surface area contributed by atoms with Gasteiger partial charge < -0.3 is 5.32 Å². The maximum Gasteiger partial charge on any atom is 0.206 e. The highest BCUT2D eigenvalue weighted by Crippen LogP contribution is 2.37. The van der Waals surface area contributed by atoms with E-state index in [1.54, 1.807) is 28.9 Å². The third kappa shape index (κ3) is 2.54. The molecular formula is C13H13N5S2. The smallest absolute Gasteiger partial charge is 0.206 e. The van der Waals surface area contributed by atoms with Crippen molar-refractivity contribution in [1.82, 2.24) is 20.2 Å². The molecule has 0 aliphatic carbocycles. The van der Waals surface area contributed by atoms with Crippen LogP contribution in [-0.4, -0.2) is 26.7 Å². The molecule has 0 aliphatic rings. The number of aromatic nitrogens is 4. The quantitative estimate of drug-likeness (QED) is 0.799. The van der Waals surface area contributed by atoms with Crippen molar-refractivity contribution in [3.05, 3.63) is 30.2 Å². The van der Waals surface area contributed by atoms with Gasteiger partial charge in [-0.3, -0.25) is 4.98 Å². The highest BCUT2D eigenvalue weighted by Gasteiger charge is 2.15. The molecule has 20 heavy (non-hydrogen) atoms. The predicted octanol–water partition coefficient (Wildman–Crippen LogP) is 3.46. The van der Waals surface area contributed by atoms with Crippen LogP contribution < -0.4 is 5.32 Å². The molecule has 0 atom stereocenters. The number of rotatable bonds is 4. The first-order chi connectivity index (χ1) is 9.78. The van der Waals surface area contributed by atoms with Crippen LogP contribution in [-0.2, 0) is 0 Å². The van der Waals surface area contributed by atoms with Crippen molar-refractivity contribution in [2.24, 2.45) is 0 Å². The van der Waals surface area contributed by atoms with E-state index in [0.29, 0.717) is 0 Å². The third-order valence-electron chi connectivity index (χ3n) is 2.65. The number of hydrogen-bond acceptors (Lipinski definition) is 7. The van der Waals surface area contributed by atoms with Gasteiger partial charge in [-0.05, 0) is 26.0 Å². The molecule has 5 nitrogen and oxygen atoms in total. The lowest BCUT2D eigenvalue weighted by atomic mass is 10.3. The van der Waals surface area contributed by atoms with Crippen LogP contribution in [0.5, 0.6) is 0 Å². The molecule has 0 saturated heterocycles. The largest absolute Gasteiger partial charge is 0.360 e. The third-order valence-corrected chi connectivity index (χ3v) is 4.89. The highest BCUT2D eigenvalue weighted by molar-refractivity contribution is 7.24. The van der Waals surface area contributed by atoms with E-state index in [0.717, 1.165) is 37.8 Å². The summed E-state index contributed by atoms with van der Waals surface area (Å²) in [5.41, 5.74) is 2.01. The highest BCUT2D eigenvalue weighted by atomic mass is 32.1. The molecule has 0 aromatic carbocycles. The van der Waals surface area contributed by atoms with Crippen molar-refractivity contribution >= 4 is 27.8 Å². The van der Waals surface area contributed by atoms with Crippen molar-refractivity contribution in [2.75, 3.05) is 11.9 Å². The molecule has 3 aromatic heterocycles. The minimum atomic E-state index is 0.844. The fraction of sp³-hybridized carbons (Fsp3) is 0.231. The fourth-order valence-corrected chi connectivity index (χ4v) is 3.73. The first kappa shape index (κ1) is 13.1. The lowest BCUT2D eigenvalue weighted by Crippen LogP contribution is -1.94. The van der Waals surface area contributed by atoms with Crippen LogP contribution >= 0.6 is 22.7 Å². The monoisotopic (exact) mass is 303 g/mol. The van der Waals surface area contributed by atoms with Gasteiger partial charge in [-0.25, -0.2) is 4.98 Å². The van der Waals surface area contributed by atoms with Crippen LogP contribution in [0, 0.1) is 6.92 Å². The molecule has 7 heteroatoms. The molecule has 0 aliphatic heterocycles. The second kappa shape index (κ2) is 5.64. The number of hydrogen-bond donors (Lipinski definition) is 1. The fourth-order valence-electron chi connectivity index (χ4n) is 1.75. The number of thiazole rings is 1. The molecule has 0 saturated carbocycles. The second-order valence-corrected chi connectivity index (χ2v) is 6.09. The Morgan fingerprint density at radius 2 is 2.10 bits per heavy atom.